The number of rotatable bonds is 3. The summed E-state index contributed by atoms with van der Waals surface area (Å²) in [6.45, 7) is 5.45. The summed E-state index contributed by atoms with van der Waals surface area (Å²) >= 11 is 0.899. The SMILES string of the molecule is CC(C)(C)c1csc(CC(=O)C(F)(F)C(F)(F)F)n1. The number of carbonyl (C=O) groups is 1. The van der Waals surface area contributed by atoms with E-state index in [1.54, 1.807) is 5.38 Å². The highest BCUT2D eigenvalue weighted by Crippen LogP contribution is 2.37. The monoisotopic (exact) mass is 301 g/mol. The van der Waals surface area contributed by atoms with Gasteiger partial charge in [-0.2, -0.15) is 22.0 Å². The molecule has 0 saturated heterocycles. The van der Waals surface area contributed by atoms with Crippen molar-refractivity contribution in [2.45, 2.75) is 44.7 Å². The van der Waals surface area contributed by atoms with E-state index in [2.05, 4.69) is 4.98 Å². The number of carbonyl (C=O) groups excluding carboxylic acids is 1. The molecule has 1 aromatic heterocycles. The normalized spacial score (nSPS) is 13.7. The molecule has 0 radical (unpaired) electrons. The minimum absolute atomic E-state index is 0.0427. The Bertz CT molecular complexity index is 472. The number of ketones is 1. The standard InChI is InChI=1S/C11H12F5NOS/c1-9(2,3)6-5-19-8(17-6)4-7(18)10(12,13)11(14,15)16/h5H,4H2,1-3H3. The molecule has 0 atom stereocenters. The third kappa shape index (κ3) is 3.49. The number of aromatic nitrogens is 1. The van der Waals surface area contributed by atoms with Crippen molar-refractivity contribution in [1.82, 2.24) is 4.98 Å². The number of alkyl halides is 5. The fraction of sp³-hybridized carbons (Fsp3) is 0.636. The molecular weight excluding hydrogens is 289 g/mol. The summed E-state index contributed by atoms with van der Waals surface area (Å²) in [4.78, 5) is 15.0. The van der Waals surface area contributed by atoms with E-state index in [0.717, 1.165) is 11.3 Å². The average molecular weight is 301 g/mol. The van der Waals surface area contributed by atoms with Gasteiger partial charge in [0.1, 0.15) is 5.01 Å². The van der Waals surface area contributed by atoms with Gasteiger partial charge in [-0.25, -0.2) is 4.98 Å². The topological polar surface area (TPSA) is 30.0 Å². The zero-order chi connectivity index (χ0) is 15.1. The number of nitrogens with zero attached hydrogens (tertiary/aromatic N) is 1. The van der Waals surface area contributed by atoms with E-state index in [1.807, 2.05) is 20.8 Å². The largest absolute Gasteiger partial charge is 0.461 e. The Morgan fingerprint density at radius 1 is 1.21 bits per heavy atom. The van der Waals surface area contributed by atoms with E-state index in [9.17, 15) is 26.7 Å². The first-order valence-corrected chi connectivity index (χ1v) is 6.16. The summed E-state index contributed by atoms with van der Waals surface area (Å²) in [6.07, 6.45) is -6.89. The second-order valence-electron chi connectivity index (χ2n) is 5.05. The number of hydrogen-bond donors (Lipinski definition) is 0. The van der Waals surface area contributed by atoms with Crippen molar-refractivity contribution < 1.29 is 26.7 Å². The van der Waals surface area contributed by atoms with E-state index < -0.39 is 24.3 Å². The van der Waals surface area contributed by atoms with Gasteiger partial charge in [-0.3, -0.25) is 4.79 Å². The molecule has 0 bridgehead atoms. The molecule has 2 nitrogen and oxygen atoms in total. The Morgan fingerprint density at radius 2 is 1.74 bits per heavy atom. The highest BCUT2D eigenvalue weighted by molar-refractivity contribution is 7.09. The number of thiazole rings is 1. The van der Waals surface area contributed by atoms with Crippen LogP contribution in [0.25, 0.3) is 0 Å². The van der Waals surface area contributed by atoms with E-state index in [1.165, 1.54) is 0 Å². The molecule has 1 aromatic rings. The number of Topliss-reactive ketones (excluding diaryl/α,β-unsaturated/α-hetero) is 1. The quantitative estimate of drug-likeness (QED) is 0.796. The summed E-state index contributed by atoms with van der Waals surface area (Å²) in [6, 6.07) is 0. The molecule has 0 aliphatic heterocycles. The molecule has 19 heavy (non-hydrogen) atoms. The van der Waals surface area contributed by atoms with Crippen LogP contribution in [0.15, 0.2) is 5.38 Å². The van der Waals surface area contributed by atoms with Gasteiger partial charge in [0, 0.05) is 10.8 Å². The summed E-state index contributed by atoms with van der Waals surface area (Å²) in [5.74, 6) is -7.52. The Balaban J connectivity index is 2.87. The molecule has 0 spiro atoms. The van der Waals surface area contributed by atoms with Gasteiger partial charge in [-0.15, -0.1) is 11.3 Å². The maximum atomic E-state index is 12.8. The van der Waals surface area contributed by atoms with Crippen LogP contribution in [0.5, 0.6) is 0 Å². The number of halogens is 5. The molecule has 0 aromatic carbocycles. The van der Waals surface area contributed by atoms with E-state index >= 15 is 0 Å². The minimum atomic E-state index is -5.87. The van der Waals surface area contributed by atoms with Crippen LogP contribution in [-0.4, -0.2) is 22.9 Å². The first kappa shape index (κ1) is 16.0. The number of hydrogen-bond acceptors (Lipinski definition) is 3. The average Bonchev–Trinajstić information content (AvgIpc) is 2.63. The zero-order valence-electron chi connectivity index (χ0n) is 10.4. The van der Waals surface area contributed by atoms with Crippen LogP contribution < -0.4 is 0 Å². The van der Waals surface area contributed by atoms with Crippen LogP contribution in [0.4, 0.5) is 22.0 Å². The zero-order valence-corrected chi connectivity index (χ0v) is 11.3. The lowest BCUT2D eigenvalue weighted by Crippen LogP contribution is -2.44. The van der Waals surface area contributed by atoms with Gasteiger partial charge in [0.15, 0.2) is 0 Å². The summed E-state index contributed by atoms with van der Waals surface area (Å²) in [5, 5.41) is 1.51. The van der Waals surface area contributed by atoms with Crippen molar-refractivity contribution in [1.29, 1.82) is 0 Å². The van der Waals surface area contributed by atoms with Crippen molar-refractivity contribution in [3.05, 3.63) is 16.1 Å². The van der Waals surface area contributed by atoms with Gasteiger partial charge in [-0.1, -0.05) is 20.8 Å². The fourth-order valence-corrected chi connectivity index (χ4v) is 2.16. The molecule has 0 amide bonds. The van der Waals surface area contributed by atoms with Crippen molar-refractivity contribution in [3.63, 3.8) is 0 Å². The van der Waals surface area contributed by atoms with Crippen molar-refractivity contribution in [2.24, 2.45) is 0 Å². The summed E-state index contributed by atoms with van der Waals surface area (Å²) in [5.41, 5.74) is 0.195. The molecule has 0 fully saturated rings. The molecule has 0 saturated carbocycles. The Morgan fingerprint density at radius 3 is 2.11 bits per heavy atom. The van der Waals surface area contributed by atoms with Gasteiger partial charge in [-0.05, 0) is 0 Å². The van der Waals surface area contributed by atoms with Crippen molar-refractivity contribution in [2.75, 3.05) is 0 Å². The van der Waals surface area contributed by atoms with Gasteiger partial charge >= 0.3 is 12.1 Å². The molecule has 0 unspecified atom stereocenters. The van der Waals surface area contributed by atoms with Gasteiger partial charge in [0.25, 0.3) is 0 Å². The highest BCUT2D eigenvalue weighted by atomic mass is 32.1. The van der Waals surface area contributed by atoms with Gasteiger partial charge in [0.2, 0.25) is 5.78 Å². The highest BCUT2D eigenvalue weighted by Gasteiger charge is 2.62. The van der Waals surface area contributed by atoms with E-state index in [4.69, 9.17) is 0 Å². The molecule has 0 aliphatic rings. The van der Waals surface area contributed by atoms with Gasteiger partial charge < -0.3 is 0 Å². The summed E-state index contributed by atoms with van der Waals surface area (Å²) in [7, 11) is 0. The molecule has 0 N–H and O–H groups in total. The maximum absolute atomic E-state index is 12.8. The molecule has 8 heteroatoms. The van der Waals surface area contributed by atoms with Crippen LogP contribution in [0, 0.1) is 0 Å². The lowest BCUT2D eigenvalue weighted by atomic mass is 9.93. The van der Waals surface area contributed by atoms with Crippen LogP contribution in [0.2, 0.25) is 0 Å². The van der Waals surface area contributed by atoms with E-state index in [-0.39, 0.29) is 10.4 Å². The molecule has 1 heterocycles. The third-order valence-corrected chi connectivity index (χ3v) is 3.19. The fourth-order valence-electron chi connectivity index (χ4n) is 1.14. The molecule has 1 rings (SSSR count). The van der Waals surface area contributed by atoms with Crippen LogP contribution in [0.1, 0.15) is 31.5 Å². The minimum Gasteiger partial charge on any atom is -0.292 e. The second-order valence-corrected chi connectivity index (χ2v) is 5.99. The molecular formula is C11H12F5NOS. The summed E-state index contributed by atoms with van der Waals surface area (Å²) < 4.78 is 61.5. The van der Waals surface area contributed by atoms with Crippen molar-refractivity contribution >= 4 is 17.1 Å². The first-order valence-electron chi connectivity index (χ1n) is 5.28. The van der Waals surface area contributed by atoms with Crippen molar-refractivity contribution in [3.8, 4) is 0 Å². The second kappa shape index (κ2) is 4.81. The Hall–Kier alpha value is -1.05. The first-order chi connectivity index (χ1) is 8.35. The maximum Gasteiger partial charge on any atom is 0.461 e. The predicted octanol–water partition coefficient (Wildman–Crippen LogP) is 3.75. The Labute approximate surface area is 110 Å². The lowest BCUT2D eigenvalue weighted by molar-refractivity contribution is -0.268. The predicted molar refractivity (Wildman–Crippen MR) is 60.5 cm³/mol. The van der Waals surface area contributed by atoms with Crippen LogP contribution >= 0.6 is 11.3 Å². The van der Waals surface area contributed by atoms with Crippen LogP contribution in [-0.2, 0) is 16.6 Å². The van der Waals surface area contributed by atoms with Gasteiger partial charge in [0.05, 0.1) is 12.1 Å². The van der Waals surface area contributed by atoms with Crippen LogP contribution in [0.3, 0.4) is 0 Å². The lowest BCUT2D eigenvalue weighted by Gasteiger charge is -2.17. The third-order valence-electron chi connectivity index (χ3n) is 2.34. The van der Waals surface area contributed by atoms with E-state index in [0.29, 0.717) is 5.69 Å². The molecule has 0 aliphatic carbocycles. The Kier molecular flexibility index (Phi) is 4.05. The smallest absolute Gasteiger partial charge is 0.292 e. The molecule has 108 valence electrons.